The van der Waals surface area contributed by atoms with E-state index in [0.29, 0.717) is 12.1 Å². The quantitative estimate of drug-likeness (QED) is 0.804. The smallest absolute Gasteiger partial charge is 0.224 e. The fraction of sp³-hybridized carbons (Fsp3) is 0.417. The third-order valence-corrected chi connectivity index (χ3v) is 3.01. The molecule has 1 atom stereocenters. The number of carbonyl (C=O) groups is 1. The lowest BCUT2D eigenvalue weighted by Crippen LogP contribution is -2.30. The Morgan fingerprint density at radius 3 is 3.06 bits per heavy atom. The van der Waals surface area contributed by atoms with E-state index in [1.54, 1.807) is 19.3 Å². The Labute approximate surface area is 100 Å². The minimum Gasteiger partial charge on any atom is -0.359 e. The highest BCUT2D eigenvalue weighted by atomic mass is 16.1. The number of pyridine rings is 1. The molecule has 0 aliphatic carbocycles. The van der Waals surface area contributed by atoms with Gasteiger partial charge in [0.15, 0.2) is 0 Å². The Kier molecular flexibility index (Phi) is 3.24. The van der Waals surface area contributed by atoms with Gasteiger partial charge in [0, 0.05) is 26.3 Å². The first kappa shape index (κ1) is 11.4. The Bertz CT molecular complexity index is 449. The van der Waals surface area contributed by atoms with E-state index in [1.165, 1.54) is 0 Å². The predicted molar refractivity (Wildman–Crippen MR) is 63.3 cm³/mol. The molecule has 0 bridgehead atoms. The van der Waals surface area contributed by atoms with Crippen molar-refractivity contribution in [2.24, 2.45) is 5.92 Å². The third kappa shape index (κ3) is 2.36. The van der Waals surface area contributed by atoms with E-state index < -0.39 is 0 Å². The molecule has 2 heterocycles. The number of anilines is 1. The summed E-state index contributed by atoms with van der Waals surface area (Å²) in [5.41, 5.74) is 0.552. The van der Waals surface area contributed by atoms with Gasteiger partial charge in [0.2, 0.25) is 5.91 Å². The Balaban J connectivity index is 2.05. The Hall–Kier alpha value is -2.09. The van der Waals surface area contributed by atoms with Crippen molar-refractivity contribution in [1.82, 2.24) is 10.3 Å². The molecule has 2 rings (SSSR count). The summed E-state index contributed by atoms with van der Waals surface area (Å²) in [5, 5.41) is 11.4. The summed E-state index contributed by atoms with van der Waals surface area (Å²) in [7, 11) is 1.66. The molecule has 1 aromatic heterocycles. The van der Waals surface area contributed by atoms with Crippen LogP contribution in [0.15, 0.2) is 18.3 Å². The van der Waals surface area contributed by atoms with Crippen LogP contribution in [0.4, 0.5) is 5.82 Å². The van der Waals surface area contributed by atoms with Crippen LogP contribution in [0, 0.1) is 17.2 Å². The van der Waals surface area contributed by atoms with Crippen molar-refractivity contribution in [3.05, 3.63) is 23.9 Å². The van der Waals surface area contributed by atoms with E-state index in [9.17, 15) is 4.79 Å². The van der Waals surface area contributed by atoms with Gasteiger partial charge < -0.3 is 10.2 Å². The number of rotatable bonds is 2. The molecule has 0 spiro atoms. The number of nitrogens with zero attached hydrogens (tertiary/aromatic N) is 3. The van der Waals surface area contributed by atoms with Gasteiger partial charge in [0.05, 0.1) is 11.5 Å². The molecule has 1 aromatic rings. The first-order valence-corrected chi connectivity index (χ1v) is 5.57. The van der Waals surface area contributed by atoms with E-state index in [0.717, 1.165) is 18.8 Å². The monoisotopic (exact) mass is 230 g/mol. The van der Waals surface area contributed by atoms with Crippen LogP contribution in [0.5, 0.6) is 0 Å². The fourth-order valence-corrected chi connectivity index (χ4v) is 2.03. The molecular formula is C12H14N4O. The van der Waals surface area contributed by atoms with E-state index in [-0.39, 0.29) is 11.8 Å². The highest BCUT2D eigenvalue weighted by Crippen LogP contribution is 2.22. The summed E-state index contributed by atoms with van der Waals surface area (Å²) in [6.45, 7) is 1.52. The minimum absolute atomic E-state index is 0.0393. The SMILES string of the molecule is CNC(=O)C1CCN(c2ccc(C#N)cn2)C1. The average Bonchev–Trinajstić information content (AvgIpc) is 2.87. The first-order chi connectivity index (χ1) is 8.24. The maximum atomic E-state index is 11.5. The molecule has 0 aromatic carbocycles. The fourth-order valence-electron chi connectivity index (χ4n) is 2.03. The summed E-state index contributed by atoms with van der Waals surface area (Å²) in [5.74, 6) is 0.953. The van der Waals surface area contributed by atoms with Crippen LogP contribution < -0.4 is 10.2 Å². The molecule has 1 N–H and O–H groups in total. The number of hydrogen-bond acceptors (Lipinski definition) is 4. The van der Waals surface area contributed by atoms with Crippen LogP contribution in [0.2, 0.25) is 0 Å². The molecular weight excluding hydrogens is 216 g/mol. The molecule has 5 heteroatoms. The van der Waals surface area contributed by atoms with Crippen molar-refractivity contribution >= 4 is 11.7 Å². The van der Waals surface area contributed by atoms with Crippen molar-refractivity contribution in [1.29, 1.82) is 5.26 Å². The number of hydrogen-bond donors (Lipinski definition) is 1. The van der Waals surface area contributed by atoms with Crippen LogP contribution >= 0.6 is 0 Å². The largest absolute Gasteiger partial charge is 0.359 e. The van der Waals surface area contributed by atoms with Gasteiger partial charge >= 0.3 is 0 Å². The minimum atomic E-state index is 0.0393. The van der Waals surface area contributed by atoms with E-state index in [4.69, 9.17) is 5.26 Å². The average molecular weight is 230 g/mol. The Morgan fingerprint density at radius 1 is 1.65 bits per heavy atom. The van der Waals surface area contributed by atoms with Gasteiger partial charge in [-0.25, -0.2) is 4.98 Å². The van der Waals surface area contributed by atoms with Crippen LogP contribution in [-0.2, 0) is 4.79 Å². The lowest BCUT2D eigenvalue weighted by atomic mass is 10.1. The highest BCUT2D eigenvalue weighted by Gasteiger charge is 2.28. The van der Waals surface area contributed by atoms with E-state index in [1.807, 2.05) is 12.1 Å². The van der Waals surface area contributed by atoms with Crippen LogP contribution in [0.25, 0.3) is 0 Å². The second-order valence-electron chi connectivity index (χ2n) is 4.06. The van der Waals surface area contributed by atoms with Gasteiger partial charge in [-0.2, -0.15) is 5.26 Å². The molecule has 0 saturated carbocycles. The second kappa shape index (κ2) is 4.83. The van der Waals surface area contributed by atoms with Gasteiger partial charge in [0.25, 0.3) is 0 Å². The summed E-state index contributed by atoms with van der Waals surface area (Å²) >= 11 is 0. The molecule has 1 aliphatic rings. The van der Waals surface area contributed by atoms with Gasteiger partial charge in [-0.3, -0.25) is 4.79 Å². The van der Waals surface area contributed by atoms with Crippen LogP contribution in [-0.4, -0.2) is 31.0 Å². The van der Waals surface area contributed by atoms with Crippen LogP contribution in [0.3, 0.4) is 0 Å². The number of amides is 1. The highest BCUT2D eigenvalue weighted by molar-refractivity contribution is 5.79. The first-order valence-electron chi connectivity index (χ1n) is 5.57. The molecule has 0 radical (unpaired) electrons. The summed E-state index contributed by atoms with van der Waals surface area (Å²) in [6, 6.07) is 5.61. The van der Waals surface area contributed by atoms with Crippen molar-refractivity contribution in [2.75, 3.05) is 25.0 Å². The zero-order valence-corrected chi connectivity index (χ0v) is 9.68. The van der Waals surface area contributed by atoms with Crippen molar-refractivity contribution < 1.29 is 4.79 Å². The van der Waals surface area contributed by atoms with Gasteiger partial charge in [-0.1, -0.05) is 0 Å². The lowest BCUT2D eigenvalue weighted by molar-refractivity contribution is -0.123. The zero-order chi connectivity index (χ0) is 12.3. The second-order valence-corrected chi connectivity index (χ2v) is 4.06. The molecule has 88 valence electrons. The molecule has 5 nitrogen and oxygen atoms in total. The topological polar surface area (TPSA) is 69.0 Å². The number of nitrogens with one attached hydrogen (secondary N) is 1. The van der Waals surface area contributed by atoms with E-state index in [2.05, 4.69) is 15.2 Å². The molecule has 17 heavy (non-hydrogen) atoms. The molecule has 1 amide bonds. The number of carbonyl (C=O) groups excluding carboxylic acids is 1. The van der Waals surface area contributed by atoms with Crippen molar-refractivity contribution in [3.8, 4) is 6.07 Å². The number of nitriles is 1. The zero-order valence-electron chi connectivity index (χ0n) is 9.68. The normalized spacial score (nSPS) is 18.8. The third-order valence-electron chi connectivity index (χ3n) is 3.01. The van der Waals surface area contributed by atoms with Gasteiger partial charge in [-0.05, 0) is 18.6 Å². The molecule has 1 fully saturated rings. The number of aromatic nitrogens is 1. The standard InChI is InChI=1S/C12H14N4O/c1-14-12(17)10-4-5-16(8-10)11-3-2-9(6-13)7-15-11/h2-3,7,10H,4-5,8H2,1H3,(H,14,17). The summed E-state index contributed by atoms with van der Waals surface area (Å²) in [4.78, 5) is 17.8. The molecule has 1 aliphatic heterocycles. The summed E-state index contributed by atoms with van der Waals surface area (Å²) in [6.07, 6.45) is 2.41. The van der Waals surface area contributed by atoms with Gasteiger partial charge in [0.1, 0.15) is 11.9 Å². The lowest BCUT2D eigenvalue weighted by Gasteiger charge is -2.16. The predicted octanol–water partition coefficient (Wildman–Crippen LogP) is 0.526. The maximum absolute atomic E-state index is 11.5. The van der Waals surface area contributed by atoms with Crippen molar-refractivity contribution in [2.45, 2.75) is 6.42 Å². The van der Waals surface area contributed by atoms with Crippen LogP contribution in [0.1, 0.15) is 12.0 Å². The Morgan fingerprint density at radius 2 is 2.47 bits per heavy atom. The van der Waals surface area contributed by atoms with Crippen molar-refractivity contribution in [3.63, 3.8) is 0 Å². The van der Waals surface area contributed by atoms with E-state index >= 15 is 0 Å². The summed E-state index contributed by atoms with van der Waals surface area (Å²) < 4.78 is 0. The van der Waals surface area contributed by atoms with Gasteiger partial charge in [-0.15, -0.1) is 0 Å². The molecule has 1 unspecified atom stereocenters. The maximum Gasteiger partial charge on any atom is 0.224 e. The molecule has 1 saturated heterocycles.